The van der Waals surface area contributed by atoms with Crippen molar-refractivity contribution in [3.05, 3.63) is 77.9 Å². The van der Waals surface area contributed by atoms with E-state index in [4.69, 9.17) is 13.9 Å². The average Bonchev–Trinajstić information content (AvgIpc) is 3.43. The van der Waals surface area contributed by atoms with E-state index in [1.165, 1.54) is 4.90 Å². The first kappa shape index (κ1) is 25.4. The summed E-state index contributed by atoms with van der Waals surface area (Å²) < 4.78 is 16.9. The zero-order valence-corrected chi connectivity index (χ0v) is 22.4. The van der Waals surface area contributed by atoms with E-state index in [1.807, 2.05) is 42.5 Å². The van der Waals surface area contributed by atoms with Gasteiger partial charge in [-0.1, -0.05) is 48.5 Å². The molecule has 0 saturated carbocycles. The number of rotatable bonds is 8. The van der Waals surface area contributed by atoms with Gasteiger partial charge in [0.15, 0.2) is 0 Å². The normalized spacial score (nSPS) is 17.7. The lowest BCUT2D eigenvalue weighted by molar-refractivity contribution is -0.136. The molecule has 0 unspecified atom stereocenters. The highest BCUT2D eigenvalue weighted by Crippen LogP contribution is 2.39. The van der Waals surface area contributed by atoms with Crippen molar-refractivity contribution in [3.8, 4) is 5.75 Å². The summed E-state index contributed by atoms with van der Waals surface area (Å²) in [7, 11) is 3.22. The fourth-order valence-electron chi connectivity index (χ4n) is 6.10. The summed E-state index contributed by atoms with van der Waals surface area (Å²) in [6.07, 6.45) is 1.15. The van der Waals surface area contributed by atoms with Crippen LogP contribution in [0.3, 0.4) is 0 Å². The molecule has 1 aromatic heterocycles. The molecule has 4 aromatic rings. The quantitative estimate of drug-likeness (QED) is 0.299. The number of ether oxygens (including phenoxy) is 2. The van der Waals surface area contributed by atoms with E-state index >= 15 is 0 Å². The summed E-state index contributed by atoms with van der Waals surface area (Å²) in [6, 6.07) is 21.6. The zero-order valence-electron chi connectivity index (χ0n) is 22.4. The Hall–Kier alpha value is -3.88. The third-order valence-electron chi connectivity index (χ3n) is 8.18. The molecule has 0 aliphatic carbocycles. The number of piperidine rings is 1. The molecule has 3 aromatic carbocycles. The molecule has 0 bridgehead atoms. The van der Waals surface area contributed by atoms with Crippen molar-refractivity contribution < 1.29 is 23.5 Å². The van der Waals surface area contributed by atoms with Crippen LogP contribution in [0.2, 0.25) is 0 Å². The second-order valence-corrected chi connectivity index (χ2v) is 10.4. The lowest BCUT2D eigenvalue weighted by atomic mass is 9.85. The molecular weight excluding hydrogens is 494 g/mol. The number of carbonyl (C=O) groups excluding carboxylic acids is 2. The van der Waals surface area contributed by atoms with Gasteiger partial charge in [0.25, 0.3) is 5.91 Å². The SMILES string of the molecule is COCCN1C(=O)N(Cc2cccc(OC)c2)C(=O)C12CCN(Cc1cccc3c1oc1ccccc13)CC2. The standard InChI is InChI=1S/C31H33N3O5/c1-37-18-17-34-30(36)33(20-22-7-5-9-24(19-22)38-2)29(35)31(34)13-15-32(16-14-31)21-23-8-6-11-26-25-10-3-4-12-27(25)39-28(23)26/h3-12,19H,13-18,20-21H2,1-2H3. The summed E-state index contributed by atoms with van der Waals surface area (Å²) in [5, 5.41) is 2.24. The Labute approximate surface area is 227 Å². The van der Waals surface area contributed by atoms with Crippen LogP contribution in [0, 0.1) is 0 Å². The van der Waals surface area contributed by atoms with Gasteiger partial charge >= 0.3 is 6.03 Å². The smallest absolute Gasteiger partial charge is 0.328 e. The highest BCUT2D eigenvalue weighted by Gasteiger charge is 2.57. The van der Waals surface area contributed by atoms with Gasteiger partial charge in [-0.05, 0) is 36.6 Å². The van der Waals surface area contributed by atoms with Gasteiger partial charge in [0.05, 0.1) is 20.3 Å². The van der Waals surface area contributed by atoms with Crippen molar-refractivity contribution in [1.29, 1.82) is 0 Å². The van der Waals surface area contributed by atoms with E-state index in [0.29, 0.717) is 44.8 Å². The maximum atomic E-state index is 13.9. The van der Waals surface area contributed by atoms with Crippen LogP contribution in [-0.2, 0) is 22.6 Å². The van der Waals surface area contributed by atoms with E-state index in [9.17, 15) is 9.59 Å². The van der Waals surface area contributed by atoms with E-state index in [0.717, 1.165) is 39.6 Å². The minimum absolute atomic E-state index is 0.120. The fourth-order valence-corrected chi connectivity index (χ4v) is 6.10. The summed E-state index contributed by atoms with van der Waals surface area (Å²) in [5.41, 5.74) is 2.94. The van der Waals surface area contributed by atoms with Crippen LogP contribution in [0.4, 0.5) is 4.79 Å². The second-order valence-electron chi connectivity index (χ2n) is 10.4. The Balaban J connectivity index is 1.22. The largest absolute Gasteiger partial charge is 0.497 e. The molecule has 1 spiro atoms. The van der Waals surface area contributed by atoms with Gasteiger partial charge in [0.1, 0.15) is 22.5 Å². The molecule has 8 nitrogen and oxygen atoms in total. The molecule has 3 amide bonds. The van der Waals surface area contributed by atoms with Crippen LogP contribution in [-0.4, -0.2) is 72.6 Å². The van der Waals surface area contributed by atoms with Crippen molar-refractivity contribution in [2.45, 2.75) is 31.5 Å². The molecule has 8 heteroatoms. The highest BCUT2D eigenvalue weighted by atomic mass is 16.5. The maximum absolute atomic E-state index is 13.9. The summed E-state index contributed by atoms with van der Waals surface area (Å²) in [6.45, 7) is 3.11. The van der Waals surface area contributed by atoms with E-state index < -0.39 is 5.54 Å². The van der Waals surface area contributed by atoms with Gasteiger partial charge in [0.2, 0.25) is 0 Å². The van der Waals surface area contributed by atoms with Crippen LogP contribution in [0.25, 0.3) is 21.9 Å². The lowest BCUT2D eigenvalue weighted by Gasteiger charge is -2.42. The number of benzene rings is 3. The van der Waals surface area contributed by atoms with Crippen molar-refractivity contribution in [2.75, 3.05) is 40.5 Å². The number of carbonyl (C=O) groups is 2. The Morgan fingerprint density at radius 2 is 1.67 bits per heavy atom. The number of hydrogen-bond acceptors (Lipinski definition) is 6. The molecular formula is C31H33N3O5. The topological polar surface area (TPSA) is 75.5 Å². The first-order valence-corrected chi connectivity index (χ1v) is 13.4. The molecule has 2 fully saturated rings. The van der Waals surface area contributed by atoms with Crippen LogP contribution >= 0.6 is 0 Å². The van der Waals surface area contributed by atoms with Crippen LogP contribution in [0.15, 0.2) is 71.1 Å². The van der Waals surface area contributed by atoms with Crippen molar-refractivity contribution >= 4 is 33.9 Å². The Kier molecular flexibility index (Phi) is 6.74. The molecule has 2 aliphatic heterocycles. The summed E-state index contributed by atoms with van der Waals surface area (Å²) in [5.74, 6) is 0.579. The number of methoxy groups -OCH3 is 2. The van der Waals surface area contributed by atoms with Crippen LogP contribution < -0.4 is 4.74 Å². The van der Waals surface area contributed by atoms with Gasteiger partial charge in [-0.2, -0.15) is 0 Å². The van der Waals surface area contributed by atoms with Crippen molar-refractivity contribution in [3.63, 3.8) is 0 Å². The first-order valence-electron chi connectivity index (χ1n) is 13.4. The first-order chi connectivity index (χ1) is 19.0. The Morgan fingerprint density at radius 3 is 2.46 bits per heavy atom. The maximum Gasteiger partial charge on any atom is 0.328 e. The second kappa shape index (κ2) is 10.4. The third-order valence-corrected chi connectivity index (χ3v) is 8.18. The Bertz CT molecular complexity index is 1520. The minimum atomic E-state index is -0.851. The molecule has 202 valence electrons. The summed E-state index contributed by atoms with van der Waals surface area (Å²) >= 11 is 0. The number of urea groups is 1. The Morgan fingerprint density at radius 1 is 0.897 bits per heavy atom. The van der Waals surface area contributed by atoms with E-state index in [1.54, 1.807) is 19.1 Å². The fraction of sp³-hybridized carbons (Fsp3) is 0.355. The number of para-hydroxylation sites is 2. The zero-order chi connectivity index (χ0) is 27.0. The predicted octanol–water partition coefficient (Wildman–Crippen LogP) is 5.04. The number of likely N-dealkylation sites (tertiary alicyclic amines) is 1. The molecule has 0 radical (unpaired) electrons. The summed E-state index contributed by atoms with van der Waals surface area (Å²) in [4.78, 5) is 33.0. The molecule has 0 N–H and O–H groups in total. The third kappa shape index (κ3) is 4.43. The molecule has 3 heterocycles. The van der Waals surface area contributed by atoms with E-state index in [2.05, 4.69) is 29.2 Å². The molecule has 6 rings (SSSR count). The molecule has 0 atom stereocenters. The number of fused-ring (bicyclic) bond motifs is 3. The highest BCUT2D eigenvalue weighted by molar-refractivity contribution is 6.07. The van der Waals surface area contributed by atoms with Gasteiger partial charge in [-0.25, -0.2) is 4.79 Å². The van der Waals surface area contributed by atoms with Crippen LogP contribution in [0.1, 0.15) is 24.0 Å². The molecule has 2 saturated heterocycles. The molecule has 2 aliphatic rings. The number of furan rings is 1. The van der Waals surface area contributed by atoms with Gasteiger partial charge < -0.3 is 18.8 Å². The number of hydrogen-bond donors (Lipinski definition) is 0. The van der Waals surface area contributed by atoms with Crippen molar-refractivity contribution in [1.82, 2.24) is 14.7 Å². The number of nitrogens with zero attached hydrogens (tertiary/aromatic N) is 3. The predicted molar refractivity (Wildman–Crippen MR) is 148 cm³/mol. The van der Waals surface area contributed by atoms with Gasteiger partial charge in [-0.15, -0.1) is 0 Å². The van der Waals surface area contributed by atoms with Crippen LogP contribution in [0.5, 0.6) is 5.75 Å². The van der Waals surface area contributed by atoms with Gasteiger partial charge in [0, 0.05) is 49.6 Å². The van der Waals surface area contributed by atoms with Gasteiger partial charge in [-0.3, -0.25) is 14.6 Å². The van der Waals surface area contributed by atoms with E-state index in [-0.39, 0.29) is 18.5 Å². The van der Waals surface area contributed by atoms with Crippen molar-refractivity contribution in [2.24, 2.45) is 0 Å². The minimum Gasteiger partial charge on any atom is -0.497 e. The lowest BCUT2D eigenvalue weighted by Crippen LogP contribution is -2.57. The molecule has 39 heavy (non-hydrogen) atoms. The number of imide groups is 1. The average molecular weight is 528 g/mol. The number of amides is 3. The monoisotopic (exact) mass is 527 g/mol.